The van der Waals surface area contributed by atoms with Crippen LogP contribution in [0.5, 0.6) is 0 Å². The van der Waals surface area contributed by atoms with Gasteiger partial charge in [-0.15, -0.1) is 0 Å². The number of hydrogen-bond acceptors (Lipinski definition) is 2. The number of nitrogens with zero attached hydrogens (tertiary/aromatic N) is 2. The fourth-order valence-corrected chi connectivity index (χ4v) is 3.19. The van der Waals surface area contributed by atoms with Gasteiger partial charge in [-0.3, -0.25) is 0 Å². The Balaban J connectivity index is 2.19. The number of aromatic nitrogens is 2. The predicted octanol–water partition coefficient (Wildman–Crippen LogP) is 4.23. The lowest BCUT2D eigenvalue weighted by molar-refractivity contribution is -0.660. The molecule has 3 nitrogen and oxygen atoms in total. The van der Waals surface area contributed by atoms with Crippen molar-refractivity contribution in [2.24, 2.45) is 7.05 Å². The van der Waals surface area contributed by atoms with Gasteiger partial charge in [0.1, 0.15) is 7.05 Å². The highest BCUT2D eigenvalue weighted by Crippen LogP contribution is 2.37. The Morgan fingerprint density at radius 2 is 1.91 bits per heavy atom. The Morgan fingerprint density at radius 1 is 1.09 bits per heavy atom. The molecule has 4 rings (SSSR count). The van der Waals surface area contributed by atoms with Gasteiger partial charge in [-0.2, -0.15) is 9.37 Å². The molecule has 0 aliphatic carbocycles. The van der Waals surface area contributed by atoms with E-state index in [2.05, 4.69) is 28.6 Å². The normalized spacial score (nSPS) is 11.5. The van der Waals surface area contributed by atoms with E-state index in [4.69, 9.17) is 4.42 Å². The molecule has 1 aromatic carbocycles. The zero-order valence-corrected chi connectivity index (χ0v) is 13.2. The van der Waals surface area contributed by atoms with Gasteiger partial charge in [0.25, 0.3) is 0 Å². The smallest absolute Gasteiger partial charge is 0.230 e. The van der Waals surface area contributed by atoms with Gasteiger partial charge in [0.15, 0.2) is 11.8 Å². The molecule has 0 amide bonds. The summed E-state index contributed by atoms with van der Waals surface area (Å²) in [5.41, 5.74) is 5.11. The third-order valence-electron chi connectivity index (χ3n) is 4.30. The van der Waals surface area contributed by atoms with E-state index >= 15 is 0 Å². The average molecular weight is 307 g/mol. The summed E-state index contributed by atoms with van der Waals surface area (Å²) in [6.07, 6.45) is 2.00. The molecule has 0 aliphatic heterocycles. The Labute approximate surface area is 133 Å². The van der Waals surface area contributed by atoms with Crippen LogP contribution in [0.4, 0.5) is 4.39 Å². The van der Waals surface area contributed by atoms with Crippen molar-refractivity contribution < 1.29 is 13.4 Å². The van der Waals surface area contributed by atoms with Gasteiger partial charge in [0, 0.05) is 17.5 Å². The van der Waals surface area contributed by atoms with Crippen molar-refractivity contribution in [2.45, 2.75) is 13.8 Å². The molecule has 23 heavy (non-hydrogen) atoms. The molecule has 0 spiro atoms. The van der Waals surface area contributed by atoms with E-state index in [9.17, 15) is 4.39 Å². The molecule has 3 heterocycles. The zero-order chi connectivity index (χ0) is 16.1. The molecule has 4 aromatic rings. The van der Waals surface area contributed by atoms with Crippen molar-refractivity contribution in [3.8, 4) is 11.3 Å². The molecule has 0 aliphatic rings. The van der Waals surface area contributed by atoms with Crippen LogP contribution in [-0.4, -0.2) is 4.98 Å². The number of benzene rings is 1. The third-order valence-corrected chi connectivity index (χ3v) is 4.30. The highest BCUT2D eigenvalue weighted by Gasteiger charge is 2.21. The summed E-state index contributed by atoms with van der Waals surface area (Å²) in [5, 5.41) is 1.84. The Kier molecular flexibility index (Phi) is 2.94. The molecular formula is C19H16FN2O+. The van der Waals surface area contributed by atoms with Crippen molar-refractivity contribution in [1.29, 1.82) is 0 Å². The minimum atomic E-state index is -0.516. The lowest BCUT2D eigenvalue weighted by Gasteiger charge is -2.05. The van der Waals surface area contributed by atoms with Crippen LogP contribution in [0.15, 0.2) is 47.0 Å². The van der Waals surface area contributed by atoms with E-state index in [0.717, 1.165) is 38.7 Å². The van der Waals surface area contributed by atoms with Crippen LogP contribution in [-0.2, 0) is 7.05 Å². The number of furan rings is 1. The van der Waals surface area contributed by atoms with E-state index in [1.165, 1.54) is 6.07 Å². The van der Waals surface area contributed by atoms with Crippen LogP contribution in [0.25, 0.3) is 33.3 Å². The maximum absolute atomic E-state index is 13.6. The van der Waals surface area contributed by atoms with Crippen LogP contribution < -0.4 is 4.57 Å². The second kappa shape index (κ2) is 4.88. The molecule has 0 radical (unpaired) electrons. The van der Waals surface area contributed by atoms with Crippen molar-refractivity contribution in [2.75, 3.05) is 0 Å². The first kappa shape index (κ1) is 13.9. The molecule has 0 saturated heterocycles. The van der Waals surface area contributed by atoms with Gasteiger partial charge >= 0.3 is 0 Å². The quantitative estimate of drug-likeness (QED) is 0.389. The number of pyridine rings is 2. The maximum atomic E-state index is 13.6. The minimum absolute atomic E-state index is 0.350. The summed E-state index contributed by atoms with van der Waals surface area (Å²) in [7, 11) is 2.00. The lowest BCUT2D eigenvalue weighted by atomic mass is 10.00. The number of aryl methyl sites for hydroxylation is 3. The summed E-state index contributed by atoms with van der Waals surface area (Å²) >= 11 is 0. The summed E-state index contributed by atoms with van der Waals surface area (Å²) in [6, 6.07) is 11.6. The van der Waals surface area contributed by atoms with Crippen LogP contribution in [0.3, 0.4) is 0 Å². The van der Waals surface area contributed by atoms with Crippen molar-refractivity contribution in [1.82, 2.24) is 4.98 Å². The lowest BCUT2D eigenvalue weighted by Crippen LogP contribution is -2.30. The SMILES string of the molecule is Cc1ccc2c(oc3nc(F)cc(C)c32)c1-c1cccc[n+]1C. The van der Waals surface area contributed by atoms with Gasteiger partial charge in [-0.1, -0.05) is 12.1 Å². The molecular weight excluding hydrogens is 291 g/mol. The van der Waals surface area contributed by atoms with Crippen molar-refractivity contribution in [3.05, 3.63) is 59.7 Å². The van der Waals surface area contributed by atoms with Crippen LogP contribution >= 0.6 is 0 Å². The molecule has 4 heteroatoms. The first-order valence-corrected chi connectivity index (χ1v) is 7.50. The number of rotatable bonds is 1. The molecule has 0 saturated carbocycles. The maximum Gasteiger partial charge on any atom is 0.230 e. The molecule has 0 bridgehead atoms. The molecule has 114 valence electrons. The second-order valence-corrected chi connectivity index (χ2v) is 5.88. The van der Waals surface area contributed by atoms with Crippen molar-refractivity contribution in [3.63, 3.8) is 0 Å². The second-order valence-electron chi connectivity index (χ2n) is 5.88. The average Bonchev–Trinajstić information content (AvgIpc) is 2.86. The highest BCUT2D eigenvalue weighted by molar-refractivity contribution is 6.10. The molecule has 0 fully saturated rings. The van der Waals surface area contributed by atoms with Gasteiger partial charge < -0.3 is 4.42 Å². The van der Waals surface area contributed by atoms with Gasteiger partial charge in [-0.25, -0.2) is 4.57 Å². The van der Waals surface area contributed by atoms with Crippen molar-refractivity contribution >= 4 is 22.1 Å². The molecule has 0 atom stereocenters. The Morgan fingerprint density at radius 3 is 2.70 bits per heavy atom. The summed E-state index contributed by atoms with van der Waals surface area (Å²) in [4.78, 5) is 3.92. The fourth-order valence-electron chi connectivity index (χ4n) is 3.19. The zero-order valence-electron chi connectivity index (χ0n) is 13.2. The topological polar surface area (TPSA) is 29.9 Å². The number of halogens is 1. The van der Waals surface area contributed by atoms with Crippen LogP contribution in [0.1, 0.15) is 11.1 Å². The van der Waals surface area contributed by atoms with E-state index in [1.807, 2.05) is 38.4 Å². The third kappa shape index (κ3) is 2.02. The largest absolute Gasteiger partial charge is 0.437 e. The van der Waals surface area contributed by atoms with Gasteiger partial charge in [-0.05, 0) is 37.1 Å². The summed E-state index contributed by atoms with van der Waals surface area (Å²) < 4.78 is 21.6. The van der Waals surface area contributed by atoms with Crippen LogP contribution in [0.2, 0.25) is 0 Å². The van der Waals surface area contributed by atoms with Crippen LogP contribution in [0, 0.1) is 19.8 Å². The first-order chi connectivity index (χ1) is 11.1. The van der Waals surface area contributed by atoms with E-state index in [1.54, 1.807) is 0 Å². The molecule has 0 unspecified atom stereocenters. The monoisotopic (exact) mass is 307 g/mol. The van der Waals surface area contributed by atoms with E-state index in [0.29, 0.717) is 5.71 Å². The standard InChI is InChI=1S/C19H16FN2O/c1-11-7-8-13-16-12(2)10-15(20)21-19(16)23-18(13)17(11)14-6-4-5-9-22(14)3/h4-10H,1-3H3/q+1. The van der Waals surface area contributed by atoms with Gasteiger partial charge in [0.05, 0.1) is 10.9 Å². The Hall–Kier alpha value is -2.75. The highest BCUT2D eigenvalue weighted by atomic mass is 19.1. The van der Waals surface area contributed by atoms with E-state index < -0.39 is 5.95 Å². The summed E-state index contributed by atoms with van der Waals surface area (Å²) in [5.74, 6) is -0.516. The minimum Gasteiger partial charge on any atom is -0.437 e. The first-order valence-electron chi connectivity index (χ1n) is 7.50. The molecule has 3 aromatic heterocycles. The summed E-state index contributed by atoms with van der Waals surface area (Å²) in [6.45, 7) is 3.93. The Bertz CT molecular complexity index is 1070. The predicted molar refractivity (Wildman–Crippen MR) is 87.6 cm³/mol. The number of hydrogen-bond donors (Lipinski definition) is 0. The number of fused-ring (bicyclic) bond motifs is 3. The molecule has 0 N–H and O–H groups in total. The van der Waals surface area contributed by atoms with E-state index in [-0.39, 0.29) is 0 Å². The fraction of sp³-hybridized carbons (Fsp3) is 0.158. The van der Waals surface area contributed by atoms with Gasteiger partial charge in [0.2, 0.25) is 17.4 Å².